The molecule has 1 aromatic heterocycles. The summed E-state index contributed by atoms with van der Waals surface area (Å²) in [6.45, 7) is 2.50. The molecule has 0 bridgehead atoms. The summed E-state index contributed by atoms with van der Waals surface area (Å²) in [5.74, 6) is -0.291. The van der Waals surface area contributed by atoms with Crippen LogP contribution in [0.3, 0.4) is 0 Å². The van der Waals surface area contributed by atoms with Crippen molar-refractivity contribution in [1.82, 2.24) is 20.1 Å². The summed E-state index contributed by atoms with van der Waals surface area (Å²) in [6, 6.07) is 3.45. The standard InChI is InChI=1S/C23H23ClFN5O3S/c1-33-23(32)19-17(12-29-7-8-30-14(11-29)3-5-18(30)31)27-21(22-26-6-9-34-22)28-20(19)15-4-2-13(25)10-16(15)24/h2,4,6,9-10,14,20H,3,5,7-8,11-12H2,1H3,(H,27,28). The molecule has 11 heteroatoms. The first-order valence-electron chi connectivity index (χ1n) is 11.0. The Kier molecular flexibility index (Phi) is 6.37. The summed E-state index contributed by atoms with van der Waals surface area (Å²) >= 11 is 7.81. The number of amides is 1. The van der Waals surface area contributed by atoms with Crippen LogP contribution < -0.4 is 5.32 Å². The number of ether oxygens (including phenoxy) is 1. The normalized spacial score (nSPS) is 23.0. The van der Waals surface area contributed by atoms with Crippen molar-refractivity contribution in [2.75, 3.05) is 33.3 Å². The van der Waals surface area contributed by atoms with Gasteiger partial charge in [0.2, 0.25) is 5.91 Å². The van der Waals surface area contributed by atoms with Gasteiger partial charge in [-0.3, -0.25) is 14.7 Å². The number of carbonyl (C=O) groups is 2. The lowest BCUT2D eigenvalue weighted by Crippen LogP contribution is -2.52. The van der Waals surface area contributed by atoms with E-state index < -0.39 is 17.8 Å². The Balaban J connectivity index is 1.54. The molecule has 4 heterocycles. The number of hydrogen-bond donors (Lipinski definition) is 1. The van der Waals surface area contributed by atoms with Crippen LogP contribution in [0.25, 0.3) is 0 Å². The number of aromatic nitrogens is 1. The van der Waals surface area contributed by atoms with E-state index in [4.69, 9.17) is 21.3 Å². The van der Waals surface area contributed by atoms with Gasteiger partial charge in [0.25, 0.3) is 0 Å². The van der Waals surface area contributed by atoms with Crippen LogP contribution in [0, 0.1) is 5.82 Å². The van der Waals surface area contributed by atoms with Crippen molar-refractivity contribution in [3.05, 3.63) is 62.5 Å². The first-order valence-corrected chi connectivity index (χ1v) is 12.2. The lowest BCUT2D eigenvalue weighted by atomic mass is 9.95. The molecule has 3 aliphatic heterocycles. The molecule has 2 atom stereocenters. The summed E-state index contributed by atoms with van der Waals surface area (Å²) < 4.78 is 18.9. The Morgan fingerprint density at radius 3 is 2.97 bits per heavy atom. The maximum absolute atomic E-state index is 13.8. The molecule has 2 saturated heterocycles. The highest BCUT2D eigenvalue weighted by molar-refractivity contribution is 7.11. The third-order valence-electron chi connectivity index (χ3n) is 6.38. The Labute approximate surface area is 205 Å². The van der Waals surface area contributed by atoms with Crippen molar-refractivity contribution in [3.63, 3.8) is 0 Å². The lowest BCUT2D eigenvalue weighted by molar-refractivity contribution is -0.136. The number of fused-ring (bicyclic) bond motifs is 1. The van der Waals surface area contributed by atoms with Gasteiger partial charge < -0.3 is 15.0 Å². The highest BCUT2D eigenvalue weighted by Gasteiger charge is 2.38. The zero-order valence-corrected chi connectivity index (χ0v) is 20.0. The highest BCUT2D eigenvalue weighted by Crippen LogP contribution is 2.37. The molecule has 34 heavy (non-hydrogen) atoms. The first kappa shape index (κ1) is 22.9. The molecule has 0 spiro atoms. The minimum Gasteiger partial charge on any atom is -0.466 e. The minimum atomic E-state index is -0.787. The average Bonchev–Trinajstić information content (AvgIpc) is 3.49. The zero-order valence-electron chi connectivity index (χ0n) is 18.5. The fourth-order valence-electron chi connectivity index (χ4n) is 4.76. The number of carbonyl (C=O) groups excluding carboxylic acids is 2. The first-order chi connectivity index (χ1) is 16.4. The van der Waals surface area contributed by atoms with E-state index in [0.29, 0.717) is 53.7 Å². The van der Waals surface area contributed by atoms with Gasteiger partial charge in [-0.1, -0.05) is 17.7 Å². The molecule has 1 aromatic carbocycles. The Morgan fingerprint density at radius 1 is 1.38 bits per heavy atom. The van der Waals surface area contributed by atoms with E-state index in [1.807, 2.05) is 10.3 Å². The molecule has 3 aliphatic rings. The van der Waals surface area contributed by atoms with Gasteiger partial charge in [-0.25, -0.2) is 14.2 Å². The number of halogens is 2. The largest absolute Gasteiger partial charge is 0.466 e. The van der Waals surface area contributed by atoms with Crippen LogP contribution in [0.15, 0.2) is 46.0 Å². The zero-order chi connectivity index (χ0) is 23.8. The second-order valence-electron chi connectivity index (χ2n) is 8.41. The fourth-order valence-corrected chi connectivity index (χ4v) is 5.62. The predicted molar refractivity (Wildman–Crippen MR) is 126 cm³/mol. The van der Waals surface area contributed by atoms with Gasteiger partial charge in [0.15, 0.2) is 10.8 Å². The van der Waals surface area contributed by atoms with E-state index in [-0.39, 0.29) is 17.0 Å². The van der Waals surface area contributed by atoms with Crippen LogP contribution in [-0.4, -0.2) is 71.8 Å². The molecule has 0 saturated carbocycles. The minimum absolute atomic E-state index is 0.174. The van der Waals surface area contributed by atoms with Crippen LogP contribution in [0.5, 0.6) is 0 Å². The Bertz CT molecular complexity index is 1190. The van der Waals surface area contributed by atoms with Crippen molar-refractivity contribution in [1.29, 1.82) is 0 Å². The number of amidine groups is 1. The number of esters is 1. The van der Waals surface area contributed by atoms with Gasteiger partial charge in [-0.2, -0.15) is 0 Å². The van der Waals surface area contributed by atoms with E-state index in [2.05, 4.69) is 15.2 Å². The number of nitrogens with one attached hydrogen (secondary N) is 1. The third-order valence-corrected chi connectivity index (χ3v) is 7.49. The lowest BCUT2D eigenvalue weighted by Gasteiger charge is -2.39. The van der Waals surface area contributed by atoms with Gasteiger partial charge >= 0.3 is 5.97 Å². The van der Waals surface area contributed by atoms with Crippen molar-refractivity contribution < 1.29 is 18.7 Å². The summed E-state index contributed by atoms with van der Waals surface area (Å²) in [5.41, 5.74) is 1.46. The van der Waals surface area contributed by atoms with Crippen LogP contribution in [-0.2, 0) is 14.3 Å². The second-order valence-corrected chi connectivity index (χ2v) is 9.71. The van der Waals surface area contributed by atoms with Crippen molar-refractivity contribution >= 4 is 40.6 Å². The predicted octanol–water partition coefficient (Wildman–Crippen LogP) is 2.76. The van der Waals surface area contributed by atoms with E-state index in [1.54, 1.807) is 12.3 Å². The van der Waals surface area contributed by atoms with Crippen LogP contribution in [0.4, 0.5) is 4.39 Å². The quantitative estimate of drug-likeness (QED) is 0.631. The number of methoxy groups -OCH3 is 1. The smallest absolute Gasteiger partial charge is 0.338 e. The van der Waals surface area contributed by atoms with Gasteiger partial charge in [0.05, 0.1) is 12.7 Å². The molecule has 5 rings (SSSR count). The van der Waals surface area contributed by atoms with E-state index in [0.717, 1.165) is 13.0 Å². The van der Waals surface area contributed by atoms with E-state index in [1.165, 1.54) is 30.6 Å². The molecule has 178 valence electrons. The Morgan fingerprint density at radius 2 is 2.24 bits per heavy atom. The molecule has 1 amide bonds. The molecular weight excluding hydrogens is 481 g/mol. The highest BCUT2D eigenvalue weighted by atomic mass is 35.5. The van der Waals surface area contributed by atoms with Crippen molar-refractivity contribution in [2.24, 2.45) is 4.99 Å². The molecule has 2 aromatic rings. The molecule has 8 nitrogen and oxygen atoms in total. The molecule has 0 radical (unpaired) electrons. The number of hydrogen-bond acceptors (Lipinski definition) is 8. The van der Waals surface area contributed by atoms with Gasteiger partial charge in [-0.05, 0) is 18.6 Å². The van der Waals surface area contributed by atoms with Gasteiger partial charge in [-0.15, -0.1) is 11.3 Å². The second kappa shape index (κ2) is 9.44. The molecule has 2 fully saturated rings. The van der Waals surface area contributed by atoms with Crippen LogP contribution >= 0.6 is 22.9 Å². The molecular formula is C23H23ClFN5O3S. The summed E-state index contributed by atoms with van der Waals surface area (Å²) in [5, 5.41) is 5.98. The topological polar surface area (TPSA) is 87.1 Å². The molecule has 0 aliphatic carbocycles. The number of benzene rings is 1. The monoisotopic (exact) mass is 503 g/mol. The maximum Gasteiger partial charge on any atom is 0.338 e. The van der Waals surface area contributed by atoms with Crippen LogP contribution in [0.1, 0.15) is 29.5 Å². The van der Waals surface area contributed by atoms with E-state index >= 15 is 0 Å². The van der Waals surface area contributed by atoms with Gasteiger partial charge in [0.1, 0.15) is 11.9 Å². The van der Waals surface area contributed by atoms with Crippen molar-refractivity contribution in [2.45, 2.75) is 24.9 Å². The summed E-state index contributed by atoms with van der Waals surface area (Å²) in [6.07, 6.45) is 3.10. The average molecular weight is 504 g/mol. The fraction of sp³-hybridized carbons (Fsp3) is 0.391. The number of aliphatic imine (C=N–C) groups is 1. The number of rotatable bonds is 5. The number of thiazole rings is 1. The number of piperazine rings is 1. The molecule has 2 unspecified atom stereocenters. The third kappa shape index (κ3) is 4.33. The summed E-state index contributed by atoms with van der Waals surface area (Å²) in [7, 11) is 1.32. The summed E-state index contributed by atoms with van der Waals surface area (Å²) in [4.78, 5) is 38.4. The molecule has 1 N–H and O–H groups in total. The SMILES string of the molecule is COC(=O)C1=C(CN2CCN3C(=O)CCC3C2)NC(c2nccs2)=NC1c1ccc(F)cc1Cl. The maximum atomic E-state index is 13.8. The van der Waals surface area contributed by atoms with Crippen LogP contribution in [0.2, 0.25) is 5.02 Å². The van der Waals surface area contributed by atoms with Gasteiger partial charge in [0, 0.05) is 66.5 Å². The number of nitrogens with zero attached hydrogens (tertiary/aromatic N) is 4. The Hall–Kier alpha value is -2.82. The van der Waals surface area contributed by atoms with Crippen molar-refractivity contribution in [3.8, 4) is 0 Å². The van der Waals surface area contributed by atoms with E-state index in [9.17, 15) is 14.0 Å².